The van der Waals surface area contributed by atoms with Gasteiger partial charge in [0, 0.05) is 25.7 Å². The number of hydrogen-bond donors (Lipinski definition) is 0. The third-order valence-electron chi connectivity index (χ3n) is 5.49. The molecule has 6 nitrogen and oxygen atoms in total. The molecule has 3 aliphatic rings. The minimum Gasteiger partial charge on any atom is -0.490 e. The number of carbonyl (C=O) groups excluding carboxylic acids is 1. The highest BCUT2D eigenvalue weighted by atomic mass is 16.6. The summed E-state index contributed by atoms with van der Waals surface area (Å²) in [6, 6.07) is 2.14. The molecule has 3 atom stereocenters. The van der Waals surface area contributed by atoms with Gasteiger partial charge < -0.3 is 19.3 Å². The van der Waals surface area contributed by atoms with Crippen molar-refractivity contribution in [3.05, 3.63) is 18.5 Å². The topological polar surface area (TPSA) is 54.9 Å². The number of amides is 1. The summed E-state index contributed by atoms with van der Waals surface area (Å²) in [5.74, 6) is 2.56. The molecule has 0 aromatic carbocycles. The van der Waals surface area contributed by atoms with E-state index in [2.05, 4.69) is 16.0 Å². The molecule has 1 aromatic rings. The number of pyridine rings is 1. The van der Waals surface area contributed by atoms with Gasteiger partial charge in [0.1, 0.15) is 18.0 Å². The maximum absolute atomic E-state index is 12.4. The van der Waals surface area contributed by atoms with Crippen molar-refractivity contribution in [1.29, 1.82) is 0 Å². The highest BCUT2D eigenvalue weighted by Crippen LogP contribution is 2.46. The average molecular weight is 359 g/mol. The van der Waals surface area contributed by atoms with Crippen LogP contribution in [0, 0.1) is 11.8 Å². The zero-order valence-corrected chi connectivity index (χ0v) is 16.0. The summed E-state index contributed by atoms with van der Waals surface area (Å²) < 4.78 is 11.5. The molecule has 0 spiro atoms. The molecule has 1 amide bonds. The van der Waals surface area contributed by atoms with Crippen LogP contribution in [-0.4, -0.2) is 53.9 Å². The van der Waals surface area contributed by atoms with E-state index < -0.39 is 5.60 Å². The molecule has 1 saturated carbocycles. The first kappa shape index (κ1) is 17.4. The minimum atomic E-state index is -0.472. The van der Waals surface area contributed by atoms with Crippen molar-refractivity contribution in [2.24, 2.45) is 11.8 Å². The normalized spacial score (nSPS) is 27.4. The fourth-order valence-corrected chi connectivity index (χ4v) is 4.03. The molecule has 2 saturated heterocycles. The van der Waals surface area contributed by atoms with E-state index in [1.807, 2.05) is 27.0 Å². The number of hydrogen-bond acceptors (Lipinski definition) is 5. The second-order valence-electron chi connectivity index (χ2n) is 8.82. The van der Waals surface area contributed by atoms with Crippen molar-refractivity contribution >= 4 is 11.8 Å². The molecule has 2 aliphatic heterocycles. The maximum atomic E-state index is 12.4. The fourth-order valence-electron chi connectivity index (χ4n) is 4.03. The molecular formula is C20H29N3O3. The summed E-state index contributed by atoms with van der Waals surface area (Å²) in [4.78, 5) is 20.9. The van der Waals surface area contributed by atoms with Crippen molar-refractivity contribution in [1.82, 2.24) is 9.88 Å². The van der Waals surface area contributed by atoms with Crippen LogP contribution in [0.3, 0.4) is 0 Å². The number of ether oxygens (including phenoxy) is 2. The van der Waals surface area contributed by atoms with E-state index in [1.54, 1.807) is 11.1 Å². The van der Waals surface area contributed by atoms with E-state index in [1.165, 1.54) is 6.42 Å². The van der Waals surface area contributed by atoms with Gasteiger partial charge in [-0.2, -0.15) is 0 Å². The van der Waals surface area contributed by atoms with E-state index in [-0.39, 0.29) is 12.1 Å². The number of nitrogens with zero attached hydrogens (tertiary/aromatic N) is 3. The van der Waals surface area contributed by atoms with Gasteiger partial charge in [-0.3, -0.25) is 4.98 Å². The van der Waals surface area contributed by atoms with Crippen LogP contribution in [0.1, 0.15) is 40.0 Å². The summed E-state index contributed by atoms with van der Waals surface area (Å²) in [6.07, 6.45) is 6.76. The van der Waals surface area contributed by atoms with Crippen molar-refractivity contribution in [2.45, 2.75) is 51.7 Å². The Morgan fingerprint density at radius 3 is 2.77 bits per heavy atom. The highest BCUT2D eigenvalue weighted by molar-refractivity contribution is 5.69. The molecule has 4 rings (SSSR count). The third-order valence-corrected chi connectivity index (χ3v) is 5.49. The van der Waals surface area contributed by atoms with E-state index in [0.29, 0.717) is 6.61 Å². The molecule has 1 aromatic heterocycles. The van der Waals surface area contributed by atoms with Gasteiger partial charge in [-0.25, -0.2) is 4.79 Å². The minimum absolute atomic E-state index is 0.0629. The molecule has 6 heteroatoms. The molecule has 0 bridgehead atoms. The number of carbonyl (C=O) groups is 1. The lowest BCUT2D eigenvalue weighted by molar-refractivity contribution is 0.0187. The quantitative estimate of drug-likeness (QED) is 0.825. The van der Waals surface area contributed by atoms with Crippen LogP contribution in [0.25, 0.3) is 0 Å². The lowest BCUT2D eigenvalue weighted by Gasteiger charge is -2.28. The predicted molar refractivity (Wildman–Crippen MR) is 99.5 cm³/mol. The van der Waals surface area contributed by atoms with Crippen LogP contribution in [-0.2, 0) is 4.74 Å². The lowest BCUT2D eigenvalue weighted by atomic mass is 10.2. The molecule has 142 valence electrons. The SMILES string of the molecule is CC(C)(C)OC(=O)N1CCCC1COc1cncc(N2CC3CC3C2)c1. The van der Waals surface area contributed by atoms with Gasteiger partial charge in [0.25, 0.3) is 0 Å². The number of rotatable bonds is 4. The Kier molecular flexibility index (Phi) is 4.45. The number of fused-ring (bicyclic) bond motifs is 1. The van der Waals surface area contributed by atoms with Crippen molar-refractivity contribution < 1.29 is 14.3 Å². The second-order valence-corrected chi connectivity index (χ2v) is 8.82. The Morgan fingerprint density at radius 1 is 1.27 bits per heavy atom. The molecular weight excluding hydrogens is 330 g/mol. The number of aromatic nitrogens is 1. The first-order valence-corrected chi connectivity index (χ1v) is 9.71. The smallest absolute Gasteiger partial charge is 0.410 e. The van der Waals surface area contributed by atoms with Gasteiger partial charge in [-0.05, 0) is 51.9 Å². The molecule has 3 heterocycles. The Balaban J connectivity index is 1.34. The first-order chi connectivity index (χ1) is 12.4. The van der Waals surface area contributed by atoms with Gasteiger partial charge in [-0.15, -0.1) is 0 Å². The average Bonchev–Trinajstić information content (AvgIpc) is 2.98. The van der Waals surface area contributed by atoms with E-state index >= 15 is 0 Å². The maximum Gasteiger partial charge on any atom is 0.410 e. The predicted octanol–water partition coefficient (Wildman–Crippen LogP) is 3.32. The van der Waals surface area contributed by atoms with Crippen molar-refractivity contribution in [3.63, 3.8) is 0 Å². The van der Waals surface area contributed by atoms with E-state index in [4.69, 9.17) is 9.47 Å². The second kappa shape index (κ2) is 6.63. The van der Waals surface area contributed by atoms with Gasteiger partial charge >= 0.3 is 6.09 Å². The first-order valence-electron chi connectivity index (χ1n) is 9.71. The van der Waals surface area contributed by atoms with Crippen molar-refractivity contribution in [3.8, 4) is 5.75 Å². The van der Waals surface area contributed by atoms with Crippen LogP contribution in [0.15, 0.2) is 18.5 Å². The summed E-state index contributed by atoms with van der Waals surface area (Å²) in [5, 5.41) is 0. The third kappa shape index (κ3) is 3.89. The summed E-state index contributed by atoms with van der Waals surface area (Å²) in [7, 11) is 0. The van der Waals surface area contributed by atoms with Gasteiger partial charge in [0.2, 0.25) is 0 Å². The summed E-state index contributed by atoms with van der Waals surface area (Å²) in [5.41, 5.74) is 0.671. The Labute approximate surface area is 155 Å². The van der Waals surface area contributed by atoms with Crippen LogP contribution < -0.4 is 9.64 Å². The molecule has 3 fully saturated rings. The molecule has 3 unspecified atom stereocenters. The molecule has 26 heavy (non-hydrogen) atoms. The summed E-state index contributed by atoms with van der Waals surface area (Å²) in [6.45, 7) is 9.19. The Bertz CT molecular complexity index is 663. The zero-order chi connectivity index (χ0) is 18.3. The summed E-state index contributed by atoms with van der Waals surface area (Å²) >= 11 is 0. The zero-order valence-electron chi connectivity index (χ0n) is 16.0. The highest BCUT2D eigenvalue weighted by Gasteiger charge is 2.45. The Morgan fingerprint density at radius 2 is 2.04 bits per heavy atom. The van der Waals surface area contributed by atoms with Gasteiger partial charge in [0.15, 0.2) is 0 Å². The molecule has 0 radical (unpaired) electrons. The van der Waals surface area contributed by atoms with Gasteiger partial charge in [0.05, 0.1) is 24.1 Å². The van der Waals surface area contributed by atoms with E-state index in [0.717, 1.165) is 55.7 Å². The number of likely N-dealkylation sites (tertiary alicyclic amines) is 1. The van der Waals surface area contributed by atoms with E-state index in [9.17, 15) is 4.79 Å². The lowest BCUT2D eigenvalue weighted by Crippen LogP contribution is -2.42. The number of piperidine rings is 1. The molecule has 0 N–H and O–H groups in total. The van der Waals surface area contributed by atoms with Crippen LogP contribution in [0.5, 0.6) is 5.75 Å². The van der Waals surface area contributed by atoms with Crippen molar-refractivity contribution in [2.75, 3.05) is 31.1 Å². The fraction of sp³-hybridized carbons (Fsp3) is 0.700. The standard InChI is InChI=1S/C20H29N3O3/c1-20(2,3)26-19(24)23-6-4-5-16(23)13-25-18-8-17(9-21-10-18)22-11-14-7-15(14)12-22/h8-10,14-16H,4-7,11-13H2,1-3H3. The molecule has 1 aliphatic carbocycles. The van der Waals surface area contributed by atoms with Crippen LogP contribution >= 0.6 is 0 Å². The monoisotopic (exact) mass is 359 g/mol. The van der Waals surface area contributed by atoms with Crippen LogP contribution in [0.4, 0.5) is 10.5 Å². The van der Waals surface area contributed by atoms with Gasteiger partial charge in [-0.1, -0.05) is 0 Å². The largest absolute Gasteiger partial charge is 0.490 e. The van der Waals surface area contributed by atoms with Crippen LogP contribution in [0.2, 0.25) is 0 Å². The Hall–Kier alpha value is -1.98. The number of anilines is 1.